The first kappa shape index (κ1) is 14.4. The lowest BCUT2D eigenvalue weighted by Gasteiger charge is -2.57. The molecule has 0 heterocycles. The summed E-state index contributed by atoms with van der Waals surface area (Å²) in [5.41, 5.74) is 7.37. The summed E-state index contributed by atoms with van der Waals surface area (Å²) < 4.78 is 1.15. The molecule has 5 rings (SSSR count). The molecule has 0 unspecified atom stereocenters. The van der Waals surface area contributed by atoms with Crippen LogP contribution in [0.15, 0.2) is 27.6 Å². The average Bonchev–Trinajstić information content (AvgIpc) is 2.39. The lowest BCUT2D eigenvalue weighted by molar-refractivity contribution is -0.0538. The molecule has 4 saturated carbocycles. The highest BCUT2D eigenvalue weighted by atomic mass is 79.9. The van der Waals surface area contributed by atoms with Crippen molar-refractivity contribution in [1.82, 2.24) is 0 Å². The predicted octanol–water partition coefficient (Wildman–Crippen LogP) is 5.73. The fraction of sp³-hybridized carbons (Fsp3) is 0.667. The van der Waals surface area contributed by atoms with E-state index in [0.29, 0.717) is 5.41 Å². The molecular weight excluding hydrogens is 342 g/mol. The fourth-order valence-corrected chi connectivity index (χ4v) is 7.46. The van der Waals surface area contributed by atoms with Crippen molar-refractivity contribution in [2.45, 2.75) is 49.8 Å². The van der Waals surface area contributed by atoms with E-state index in [2.05, 4.69) is 22.0 Å². The Morgan fingerprint density at radius 1 is 1.10 bits per heavy atom. The van der Waals surface area contributed by atoms with Gasteiger partial charge in [0.25, 0.3) is 0 Å². The minimum absolute atomic E-state index is 0.710. The van der Waals surface area contributed by atoms with Crippen molar-refractivity contribution in [2.24, 2.45) is 23.2 Å². The maximum Gasteiger partial charge on any atom is 0.0331 e. The molecule has 0 spiro atoms. The first-order valence-corrected chi connectivity index (χ1v) is 10.1. The van der Waals surface area contributed by atoms with Crippen molar-refractivity contribution < 1.29 is 0 Å². The van der Waals surface area contributed by atoms with Gasteiger partial charge in [-0.15, -0.1) is 11.8 Å². The van der Waals surface area contributed by atoms with E-state index in [0.717, 1.165) is 27.9 Å². The van der Waals surface area contributed by atoms with Gasteiger partial charge < -0.3 is 5.73 Å². The number of thioether (sulfide) groups is 1. The number of halogens is 1. The molecule has 1 nitrogen and oxygen atoms in total. The van der Waals surface area contributed by atoms with Crippen molar-refractivity contribution in [3.05, 3.63) is 22.7 Å². The first-order chi connectivity index (χ1) is 10.1. The number of benzene rings is 1. The van der Waals surface area contributed by atoms with Gasteiger partial charge in [0.1, 0.15) is 0 Å². The van der Waals surface area contributed by atoms with Gasteiger partial charge in [-0.05, 0) is 108 Å². The molecule has 3 heteroatoms. The Hall–Kier alpha value is -0.150. The van der Waals surface area contributed by atoms with Crippen LogP contribution >= 0.6 is 27.7 Å². The highest BCUT2D eigenvalue weighted by Crippen LogP contribution is 2.61. The van der Waals surface area contributed by atoms with E-state index in [9.17, 15) is 0 Å². The molecule has 114 valence electrons. The van der Waals surface area contributed by atoms with Gasteiger partial charge >= 0.3 is 0 Å². The molecule has 1 aromatic carbocycles. The number of rotatable bonds is 4. The van der Waals surface area contributed by atoms with E-state index < -0.39 is 0 Å². The summed E-state index contributed by atoms with van der Waals surface area (Å²) >= 11 is 5.64. The zero-order valence-corrected chi connectivity index (χ0v) is 14.9. The smallest absolute Gasteiger partial charge is 0.0331 e. The van der Waals surface area contributed by atoms with E-state index in [4.69, 9.17) is 5.73 Å². The van der Waals surface area contributed by atoms with Gasteiger partial charge in [-0.25, -0.2) is 0 Å². The molecular formula is C18H24BrNS. The van der Waals surface area contributed by atoms with Gasteiger partial charge in [-0.3, -0.25) is 0 Å². The van der Waals surface area contributed by atoms with Crippen molar-refractivity contribution in [1.29, 1.82) is 0 Å². The normalized spacial score (nSPS) is 37.1. The van der Waals surface area contributed by atoms with Gasteiger partial charge in [0.2, 0.25) is 0 Å². The third-order valence-corrected chi connectivity index (χ3v) is 8.00. The molecule has 1 aromatic rings. The minimum Gasteiger partial charge on any atom is -0.399 e. The zero-order chi connectivity index (χ0) is 14.4. The molecule has 21 heavy (non-hydrogen) atoms. The SMILES string of the molecule is Nc1ccc(SCCC23CC4CC(CC(C4)C2)C3)c(Br)c1. The highest BCUT2D eigenvalue weighted by molar-refractivity contribution is 9.10. The quantitative estimate of drug-likeness (QED) is 0.544. The van der Waals surface area contributed by atoms with E-state index in [1.165, 1.54) is 36.3 Å². The third-order valence-electron chi connectivity index (χ3n) is 6.01. The summed E-state index contributed by atoms with van der Waals surface area (Å²) in [5, 5.41) is 0. The first-order valence-electron chi connectivity index (χ1n) is 8.30. The maximum absolute atomic E-state index is 5.82. The van der Waals surface area contributed by atoms with Crippen molar-refractivity contribution in [3.8, 4) is 0 Å². The number of hydrogen-bond acceptors (Lipinski definition) is 2. The Balaban J connectivity index is 1.38. The Labute approximate surface area is 140 Å². The Kier molecular flexibility index (Phi) is 3.77. The molecule has 0 aromatic heterocycles. The van der Waals surface area contributed by atoms with Crippen LogP contribution in [0, 0.1) is 23.2 Å². The number of nitrogen functional groups attached to an aromatic ring is 1. The van der Waals surface area contributed by atoms with Crippen LogP contribution in [0.5, 0.6) is 0 Å². The van der Waals surface area contributed by atoms with E-state index in [1.54, 1.807) is 19.3 Å². The predicted molar refractivity (Wildman–Crippen MR) is 94.5 cm³/mol. The number of anilines is 1. The Bertz CT molecular complexity index is 507. The topological polar surface area (TPSA) is 26.0 Å². The van der Waals surface area contributed by atoms with E-state index >= 15 is 0 Å². The largest absolute Gasteiger partial charge is 0.399 e. The van der Waals surface area contributed by atoms with Crippen molar-refractivity contribution in [2.75, 3.05) is 11.5 Å². The summed E-state index contributed by atoms with van der Waals surface area (Å²) in [7, 11) is 0. The molecule has 0 atom stereocenters. The molecule has 2 N–H and O–H groups in total. The molecule has 4 bridgehead atoms. The summed E-state index contributed by atoms with van der Waals surface area (Å²) in [4.78, 5) is 1.34. The molecule has 0 saturated heterocycles. The van der Waals surface area contributed by atoms with Crippen LogP contribution in [-0.2, 0) is 0 Å². The lowest BCUT2D eigenvalue weighted by atomic mass is 9.49. The molecule has 4 aliphatic carbocycles. The zero-order valence-electron chi connectivity index (χ0n) is 12.5. The van der Waals surface area contributed by atoms with Gasteiger partial charge in [-0.1, -0.05) is 0 Å². The summed E-state index contributed by atoms with van der Waals surface area (Å²) in [6.07, 6.45) is 10.7. The summed E-state index contributed by atoms with van der Waals surface area (Å²) in [6.45, 7) is 0. The Morgan fingerprint density at radius 2 is 1.71 bits per heavy atom. The standard InChI is InChI=1S/C18H24BrNS/c19-16-8-15(20)1-2-17(16)21-4-3-18-9-12-5-13(10-18)7-14(6-12)11-18/h1-2,8,12-14H,3-7,9-11,20H2. The van der Waals surface area contributed by atoms with Crippen LogP contribution in [0.3, 0.4) is 0 Å². The lowest BCUT2D eigenvalue weighted by Crippen LogP contribution is -2.46. The van der Waals surface area contributed by atoms with Crippen LogP contribution in [0.25, 0.3) is 0 Å². The van der Waals surface area contributed by atoms with Crippen LogP contribution in [0.2, 0.25) is 0 Å². The third kappa shape index (κ3) is 2.88. The van der Waals surface area contributed by atoms with Crippen LogP contribution in [0.1, 0.15) is 44.9 Å². The van der Waals surface area contributed by atoms with Crippen LogP contribution < -0.4 is 5.73 Å². The van der Waals surface area contributed by atoms with Gasteiger partial charge in [-0.2, -0.15) is 0 Å². The summed E-state index contributed by atoms with van der Waals surface area (Å²) in [6, 6.07) is 6.19. The number of nitrogens with two attached hydrogens (primary N) is 1. The second-order valence-corrected chi connectivity index (χ2v) is 9.70. The van der Waals surface area contributed by atoms with Crippen LogP contribution in [0.4, 0.5) is 5.69 Å². The van der Waals surface area contributed by atoms with Crippen molar-refractivity contribution in [3.63, 3.8) is 0 Å². The number of hydrogen-bond donors (Lipinski definition) is 1. The highest BCUT2D eigenvalue weighted by Gasteiger charge is 2.50. The molecule has 0 aliphatic heterocycles. The van der Waals surface area contributed by atoms with Gasteiger partial charge in [0, 0.05) is 15.1 Å². The van der Waals surface area contributed by atoms with Gasteiger partial charge in [0.15, 0.2) is 0 Å². The molecule has 0 radical (unpaired) electrons. The monoisotopic (exact) mass is 365 g/mol. The van der Waals surface area contributed by atoms with Gasteiger partial charge in [0.05, 0.1) is 0 Å². The Morgan fingerprint density at radius 3 is 2.29 bits per heavy atom. The molecule has 4 fully saturated rings. The fourth-order valence-electron chi connectivity index (χ4n) is 5.61. The second-order valence-electron chi connectivity index (χ2n) is 7.71. The molecule has 0 amide bonds. The van der Waals surface area contributed by atoms with Crippen molar-refractivity contribution >= 4 is 33.4 Å². The summed E-state index contributed by atoms with van der Waals surface area (Å²) in [5.74, 6) is 4.48. The molecule has 4 aliphatic rings. The maximum atomic E-state index is 5.82. The van der Waals surface area contributed by atoms with Crippen LogP contribution in [-0.4, -0.2) is 5.75 Å². The second kappa shape index (κ2) is 5.49. The minimum atomic E-state index is 0.710. The average molecular weight is 366 g/mol. The van der Waals surface area contributed by atoms with E-state index in [-0.39, 0.29) is 0 Å². The van der Waals surface area contributed by atoms with E-state index in [1.807, 2.05) is 23.9 Å².